The van der Waals surface area contributed by atoms with Gasteiger partial charge >= 0.3 is 0 Å². The van der Waals surface area contributed by atoms with E-state index in [0.717, 1.165) is 43.6 Å². The Morgan fingerprint density at radius 2 is 2.04 bits per heavy atom. The van der Waals surface area contributed by atoms with E-state index in [1.165, 1.54) is 16.8 Å². The first kappa shape index (κ1) is 14.8. The van der Waals surface area contributed by atoms with Crippen molar-refractivity contribution in [1.82, 2.24) is 4.90 Å². The molecule has 1 aliphatic carbocycles. The number of ether oxygens (including phenoxy) is 2. The summed E-state index contributed by atoms with van der Waals surface area (Å²) in [6.07, 6.45) is 4.50. The van der Waals surface area contributed by atoms with E-state index >= 15 is 0 Å². The average molecular weight is 313 g/mol. The lowest BCUT2D eigenvalue weighted by atomic mass is 9.79. The average Bonchev–Trinajstić information content (AvgIpc) is 2.60. The lowest BCUT2D eigenvalue weighted by Gasteiger charge is -2.46. The van der Waals surface area contributed by atoms with Gasteiger partial charge in [0, 0.05) is 43.3 Å². The van der Waals surface area contributed by atoms with Crippen LogP contribution in [0.3, 0.4) is 0 Å². The fourth-order valence-corrected chi connectivity index (χ4v) is 4.44. The first-order valence-corrected chi connectivity index (χ1v) is 8.43. The van der Waals surface area contributed by atoms with E-state index in [-0.39, 0.29) is 12.1 Å². The maximum atomic E-state index is 12.7. The molecule has 4 heteroatoms. The van der Waals surface area contributed by atoms with Crippen LogP contribution in [0.5, 0.6) is 5.75 Å². The normalized spacial score (nSPS) is 26.5. The molecular formula is C19H23NO3. The molecule has 0 N–H and O–H groups in total. The highest BCUT2D eigenvalue weighted by Crippen LogP contribution is 2.45. The summed E-state index contributed by atoms with van der Waals surface area (Å²) in [6.45, 7) is 0.974. The number of allylic oxidation sites excluding steroid dienone is 1. The van der Waals surface area contributed by atoms with E-state index in [2.05, 4.69) is 11.0 Å². The van der Waals surface area contributed by atoms with Gasteiger partial charge in [-0.25, -0.2) is 0 Å². The quantitative estimate of drug-likeness (QED) is 0.841. The Morgan fingerprint density at radius 1 is 1.17 bits per heavy atom. The van der Waals surface area contributed by atoms with Gasteiger partial charge in [-0.2, -0.15) is 0 Å². The third-order valence-corrected chi connectivity index (χ3v) is 5.61. The molecule has 0 amide bonds. The summed E-state index contributed by atoms with van der Waals surface area (Å²) in [4.78, 5) is 15.2. The number of ketones is 1. The van der Waals surface area contributed by atoms with Crippen molar-refractivity contribution in [2.75, 3.05) is 20.8 Å². The molecule has 0 spiro atoms. The van der Waals surface area contributed by atoms with E-state index in [1.807, 2.05) is 12.1 Å². The molecule has 0 fully saturated rings. The van der Waals surface area contributed by atoms with Crippen molar-refractivity contribution in [2.24, 2.45) is 0 Å². The molecule has 2 atom stereocenters. The number of fused-ring (bicyclic) bond motifs is 4. The van der Waals surface area contributed by atoms with Crippen LogP contribution in [0, 0.1) is 0 Å². The second-order valence-electron chi connectivity index (χ2n) is 6.64. The molecule has 0 bridgehead atoms. The molecule has 4 nitrogen and oxygen atoms in total. The summed E-state index contributed by atoms with van der Waals surface area (Å²) in [7, 11) is 3.47. The Kier molecular flexibility index (Phi) is 3.64. The Morgan fingerprint density at radius 3 is 2.83 bits per heavy atom. The van der Waals surface area contributed by atoms with Gasteiger partial charge < -0.3 is 14.4 Å². The highest BCUT2D eigenvalue weighted by atomic mass is 16.5. The number of methoxy groups -OCH3 is 2. The maximum Gasteiger partial charge on any atom is 0.163 e. The number of hydrogen-bond acceptors (Lipinski definition) is 4. The number of rotatable bonds is 2. The molecule has 3 aliphatic rings. The highest BCUT2D eigenvalue weighted by molar-refractivity contribution is 5.97. The largest absolute Gasteiger partial charge is 0.496 e. The fourth-order valence-electron chi connectivity index (χ4n) is 4.44. The Bertz CT molecular complexity index is 679. The van der Waals surface area contributed by atoms with Crippen molar-refractivity contribution in [3.63, 3.8) is 0 Å². The van der Waals surface area contributed by atoms with E-state index in [4.69, 9.17) is 9.47 Å². The minimum atomic E-state index is 0.180. The van der Waals surface area contributed by atoms with Gasteiger partial charge in [0.15, 0.2) is 5.78 Å². The highest BCUT2D eigenvalue weighted by Gasteiger charge is 2.40. The van der Waals surface area contributed by atoms with E-state index in [1.54, 1.807) is 14.2 Å². The molecule has 122 valence electrons. The lowest BCUT2D eigenvalue weighted by molar-refractivity contribution is -0.118. The summed E-state index contributed by atoms with van der Waals surface area (Å²) >= 11 is 0. The van der Waals surface area contributed by atoms with E-state index < -0.39 is 0 Å². The summed E-state index contributed by atoms with van der Waals surface area (Å²) in [6, 6.07) is 6.40. The summed E-state index contributed by atoms with van der Waals surface area (Å²) in [5.41, 5.74) is 4.83. The van der Waals surface area contributed by atoms with Crippen LogP contribution < -0.4 is 4.74 Å². The number of Topliss-reactive ketones (excluding diaryl/α,β-unsaturated/α-hetero) is 1. The van der Waals surface area contributed by atoms with Gasteiger partial charge in [-0.05, 0) is 30.9 Å². The van der Waals surface area contributed by atoms with E-state index in [9.17, 15) is 4.79 Å². The number of nitrogens with zero attached hydrogens (tertiary/aromatic N) is 1. The molecule has 2 aliphatic heterocycles. The second kappa shape index (κ2) is 5.68. The molecule has 1 aromatic rings. The van der Waals surface area contributed by atoms with E-state index in [0.29, 0.717) is 12.2 Å². The standard InChI is InChI=1S/C19H23NO3/c1-22-12-6-7-16-15(10-12)18(21)11-17-13-4-3-5-19(23-2)14(13)8-9-20(16)17/h3-5,12,17H,6-11H2,1-2H3. The zero-order valence-corrected chi connectivity index (χ0v) is 13.8. The van der Waals surface area contributed by atoms with Crippen molar-refractivity contribution >= 4 is 5.78 Å². The van der Waals surface area contributed by atoms with Crippen LogP contribution in [0.25, 0.3) is 0 Å². The second-order valence-corrected chi connectivity index (χ2v) is 6.64. The first-order chi connectivity index (χ1) is 11.2. The number of hydrogen-bond donors (Lipinski definition) is 0. The molecule has 2 unspecified atom stereocenters. The molecule has 1 aromatic carbocycles. The zero-order valence-electron chi connectivity index (χ0n) is 13.8. The van der Waals surface area contributed by atoms with Crippen molar-refractivity contribution < 1.29 is 14.3 Å². The van der Waals surface area contributed by atoms with Gasteiger partial charge in [0.25, 0.3) is 0 Å². The van der Waals surface area contributed by atoms with Crippen molar-refractivity contribution in [1.29, 1.82) is 0 Å². The SMILES string of the molecule is COc1cccc2c1CCN1C3=C(CC(OC)CC3)C(=O)CC21. The Hall–Kier alpha value is -1.81. The fraction of sp³-hybridized carbons (Fsp3) is 0.526. The summed E-state index contributed by atoms with van der Waals surface area (Å²) in [5.74, 6) is 1.26. The number of carbonyl (C=O) groups excluding carboxylic acids is 1. The van der Waals surface area contributed by atoms with Crippen LogP contribution in [0.15, 0.2) is 29.5 Å². The molecule has 0 radical (unpaired) electrons. The van der Waals surface area contributed by atoms with Crippen molar-refractivity contribution in [3.05, 3.63) is 40.6 Å². The van der Waals surface area contributed by atoms with Gasteiger partial charge in [-0.1, -0.05) is 12.1 Å². The van der Waals surface area contributed by atoms with Crippen LogP contribution >= 0.6 is 0 Å². The topological polar surface area (TPSA) is 38.8 Å². The third kappa shape index (κ3) is 2.27. The van der Waals surface area contributed by atoms with Gasteiger partial charge in [-0.15, -0.1) is 0 Å². The van der Waals surface area contributed by atoms with Gasteiger partial charge in [0.1, 0.15) is 5.75 Å². The third-order valence-electron chi connectivity index (χ3n) is 5.61. The molecular weight excluding hydrogens is 290 g/mol. The summed E-state index contributed by atoms with van der Waals surface area (Å²) < 4.78 is 11.0. The molecule has 0 aromatic heterocycles. The van der Waals surface area contributed by atoms with Crippen molar-refractivity contribution in [2.45, 2.75) is 44.2 Å². The van der Waals surface area contributed by atoms with Gasteiger partial charge in [0.2, 0.25) is 0 Å². The van der Waals surface area contributed by atoms with Crippen LogP contribution in [-0.4, -0.2) is 37.6 Å². The smallest absolute Gasteiger partial charge is 0.163 e. The van der Waals surface area contributed by atoms with Crippen LogP contribution in [-0.2, 0) is 16.0 Å². The van der Waals surface area contributed by atoms with Crippen molar-refractivity contribution in [3.8, 4) is 5.75 Å². The molecule has 2 heterocycles. The van der Waals surface area contributed by atoms with Gasteiger partial charge in [0.05, 0.1) is 19.3 Å². The number of benzene rings is 1. The molecule has 0 saturated heterocycles. The van der Waals surface area contributed by atoms with Gasteiger partial charge in [-0.3, -0.25) is 4.79 Å². The Labute approximate surface area is 137 Å². The monoisotopic (exact) mass is 313 g/mol. The Balaban J connectivity index is 1.74. The minimum Gasteiger partial charge on any atom is -0.496 e. The predicted octanol–water partition coefficient (Wildman–Crippen LogP) is 3.02. The number of carbonyl (C=O) groups is 1. The summed E-state index contributed by atoms with van der Waals surface area (Å²) in [5, 5.41) is 0. The maximum absolute atomic E-state index is 12.7. The van der Waals surface area contributed by atoms with Crippen LogP contribution in [0.2, 0.25) is 0 Å². The van der Waals surface area contributed by atoms with Crippen LogP contribution in [0.4, 0.5) is 0 Å². The molecule has 4 rings (SSSR count). The minimum absolute atomic E-state index is 0.180. The molecule has 0 saturated carbocycles. The lowest BCUT2D eigenvalue weighted by Crippen LogP contribution is -2.43. The molecule has 23 heavy (non-hydrogen) atoms. The van der Waals surface area contributed by atoms with Crippen LogP contribution in [0.1, 0.15) is 42.9 Å². The first-order valence-electron chi connectivity index (χ1n) is 8.43. The zero-order chi connectivity index (χ0) is 16.0. The predicted molar refractivity (Wildman–Crippen MR) is 87.4 cm³/mol.